The second-order valence-electron chi connectivity index (χ2n) is 22.2. The van der Waals surface area contributed by atoms with Crippen LogP contribution in [0.2, 0.25) is 0 Å². The summed E-state index contributed by atoms with van der Waals surface area (Å²) in [5.74, 6) is 0. The Labute approximate surface area is 437 Å². The Balaban J connectivity index is 0.838. The van der Waals surface area contributed by atoms with Gasteiger partial charge in [0, 0.05) is 50.4 Å². The molecule has 1 unspecified atom stereocenters. The quantitative estimate of drug-likeness (QED) is 0.135. The first-order chi connectivity index (χ1) is 36.3. The molecule has 358 valence electrons. The first-order valence-corrected chi connectivity index (χ1v) is 26.9. The summed E-state index contributed by atoms with van der Waals surface area (Å²) in [6.45, 7) is 7.20. The number of benzene rings is 10. The molecule has 0 N–H and O–H groups in total. The van der Waals surface area contributed by atoms with Gasteiger partial charge in [0.25, 0.3) is 0 Å². The van der Waals surface area contributed by atoms with Crippen molar-refractivity contribution in [3.63, 3.8) is 0 Å². The van der Waals surface area contributed by atoms with Gasteiger partial charge in [-0.1, -0.05) is 210 Å². The second kappa shape index (κ2) is 17.2. The second-order valence-corrected chi connectivity index (χ2v) is 22.2. The summed E-state index contributed by atoms with van der Waals surface area (Å²) in [7, 11) is 0. The average Bonchev–Trinajstić information content (AvgIpc) is 3.85. The molecular weight excluding hydrogens is 893 g/mol. The van der Waals surface area contributed by atoms with Crippen LogP contribution >= 0.6 is 0 Å². The molecular formula is C72H60N2. The van der Waals surface area contributed by atoms with E-state index in [0.29, 0.717) is 0 Å². The van der Waals surface area contributed by atoms with Crippen molar-refractivity contribution in [1.29, 1.82) is 0 Å². The number of hydrogen-bond donors (Lipinski definition) is 0. The van der Waals surface area contributed by atoms with Crippen molar-refractivity contribution in [3.05, 3.63) is 276 Å². The zero-order chi connectivity index (χ0) is 49.6. The van der Waals surface area contributed by atoms with Crippen LogP contribution in [0.4, 0.5) is 34.1 Å². The first-order valence-electron chi connectivity index (χ1n) is 26.9. The lowest BCUT2D eigenvalue weighted by molar-refractivity contribution is 0.346. The lowest BCUT2D eigenvalue weighted by Crippen LogP contribution is -2.36. The van der Waals surface area contributed by atoms with Gasteiger partial charge in [-0.3, -0.25) is 0 Å². The molecule has 1 fully saturated rings. The van der Waals surface area contributed by atoms with Crippen LogP contribution in [0.15, 0.2) is 237 Å². The smallest absolute Gasteiger partial charge is 0.0497 e. The van der Waals surface area contributed by atoms with Gasteiger partial charge >= 0.3 is 0 Å². The molecule has 0 amide bonds. The predicted octanol–water partition coefficient (Wildman–Crippen LogP) is 19.4. The van der Waals surface area contributed by atoms with E-state index in [0.717, 1.165) is 30.6 Å². The highest BCUT2D eigenvalue weighted by molar-refractivity contribution is 5.92. The van der Waals surface area contributed by atoms with Gasteiger partial charge in [0.15, 0.2) is 0 Å². The molecule has 1 atom stereocenters. The third kappa shape index (κ3) is 6.91. The van der Waals surface area contributed by atoms with Gasteiger partial charge in [-0.05, 0) is 169 Å². The fourth-order valence-corrected chi connectivity index (χ4v) is 14.0. The Morgan fingerprint density at radius 2 is 0.770 bits per heavy atom. The van der Waals surface area contributed by atoms with Crippen LogP contribution in [0.5, 0.6) is 0 Å². The fourth-order valence-electron chi connectivity index (χ4n) is 14.0. The van der Waals surface area contributed by atoms with Crippen molar-refractivity contribution >= 4 is 34.1 Å². The summed E-state index contributed by atoms with van der Waals surface area (Å²) in [5.41, 5.74) is 27.4. The monoisotopic (exact) mass is 952 g/mol. The Bertz CT molecular complexity index is 3730. The highest BCUT2D eigenvalue weighted by atomic mass is 15.2. The van der Waals surface area contributed by atoms with Crippen molar-refractivity contribution < 1.29 is 0 Å². The van der Waals surface area contributed by atoms with Crippen LogP contribution in [-0.4, -0.2) is 0 Å². The topological polar surface area (TPSA) is 6.48 Å². The maximum absolute atomic E-state index is 2.53. The summed E-state index contributed by atoms with van der Waals surface area (Å²) in [6.07, 6.45) is 7.02. The van der Waals surface area contributed by atoms with Crippen molar-refractivity contribution in [1.82, 2.24) is 0 Å². The molecule has 0 bridgehead atoms. The Kier molecular flexibility index (Phi) is 10.3. The normalized spacial score (nSPS) is 17.1. The van der Waals surface area contributed by atoms with Crippen LogP contribution in [0.25, 0.3) is 44.5 Å². The lowest BCUT2D eigenvalue weighted by atomic mass is 9.63. The highest BCUT2D eigenvalue weighted by Crippen LogP contribution is 2.61. The molecule has 2 nitrogen and oxygen atoms in total. The number of nitrogens with zero attached hydrogens (tertiary/aromatic N) is 2. The van der Waals surface area contributed by atoms with Crippen LogP contribution in [0.1, 0.15) is 91.8 Å². The van der Waals surface area contributed by atoms with Gasteiger partial charge < -0.3 is 9.80 Å². The minimum absolute atomic E-state index is 0.0571. The molecule has 4 aliphatic carbocycles. The summed E-state index contributed by atoms with van der Waals surface area (Å²) >= 11 is 0. The van der Waals surface area contributed by atoms with Crippen LogP contribution in [0.3, 0.4) is 0 Å². The number of fused-ring (bicyclic) bond motifs is 6. The maximum Gasteiger partial charge on any atom is 0.0497 e. The minimum Gasteiger partial charge on any atom is -0.310 e. The third-order valence-electron chi connectivity index (χ3n) is 17.8. The van der Waals surface area contributed by atoms with E-state index in [-0.39, 0.29) is 16.2 Å². The van der Waals surface area contributed by atoms with E-state index >= 15 is 0 Å². The molecule has 4 aliphatic rings. The molecule has 0 aliphatic heterocycles. The highest BCUT2D eigenvalue weighted by Gasteiger charge is 2.50. The zero-order valence-electron chi connectivity index (χ0n) is 42.7. The third-order valence-corrected chi connectivity index (χ3v) is 17.8. The molecule has 2 heteroatoms. The molecule has 0 spiro atoms. The van der Waals surface area contributed by atoms with E-state index in [1.807, 2.05) is 0 Å². The average molecular weight is 953 g/mol. The Morgan fingerprint density at radius 1 is 0.338 bits per heavy atom. The Hall–Kier alpha value is -8.20. The zero-order valence-corrected chi connectivity index (χ0v) is 42.7. The fraction of sp³-hybridized carbons (Fsp3) is 0.167. The largest absolute Gasteiger partial charge is 0.310 e. The molecule has 14 rings (SSSR count). The molecule has 10 aromatic rings. The summed E-state index contributed by atoms with van der Waals surface area (Å²) < 4.78 is 0. The molecule has 10 aromatic carbocycles. The number of rotatable bonds is 10. The molecule has 0 saturated heterocycles. The van der Waals surface area contributed by atoms with Crippen molar-refractivity contribution in [3.8, 4) is 44.5 Å². The summed E-state index contributed by atoms with van der Waals surface area (Å²) in [5, 5.41) is 0. The predicted molar refractivity (Wildman–Crippen MR) is 310 cm³/mol. The van der Waals surface area contributed by atoms with Gasteiger partial charge in [-0.25, -0.2) is 0 Å². The molecule has 74 heavy (non-hydrogen) atoms. The van der Waals surface area contributed by atoms with Crippen LogP contribution < -0.4 is 9.80 Å². The van der Waals surface area contributed by atoms with E-state index in [2.05, 4.69) is 267 Å². The number of anilines is 6. The molecule has 1 saturated carbocycles. The first kappa shape index (κ1) is 44.5. The van der Waals surface area contributed by atoms with E-state index in [1.54, 1.807) is 0 Å². The van der Waals surface area contributed by atoms with E-state index in [9.17, 15) is 0 Å². The number of hydrogen-bond acceptors (Lipinski definition) is 2. The van der Waals surface area contributed by atoms with E-state index in [1.165, 1.54) is 125 Å². The summed E-state index contributed by atoms with van der Waals surface area (Å²) in [6, 6.07) is 89.1. The van der Waals surface area contributed by atoms with E-state index in [4.69, 9.17) is 0 Å². The van der Waals surface area contributed by atoms with Gasteiger partial charge in [0.1, 0.15) is 0 Å². The van der Waals surface area contributed by atoms with Gasteiger partial charge in [0.2, 0.25) is 0 Å². The SMILES string of the molecule is CC1(C)c2ccccc2-c2ccc(N(c3ccc(-c4ccccc4)cc3)c3ccc(C4(c5ccc(N(c6ccc(-c7ccccc7)cc6)c6ccc7c8c6CC8(C)c6ccccc6-7)cc5)CCCCC4)cc3)cc21. The minimum atomic E-state index is -0.103. The van der Waals surface area contributed by atoms with Crippen LogP contribution in [0, 0.1) is 0 Å². The van der Waals surface area contributed by atoms with Gasteiger partial charge in [-0.2, -0.15) is 0 Å². The lowest BCUT2D eigenvalue weighted by Gasteiger charge is -2.42. The maximum atomic E-state index is 2.53. The molecule has 0 aromatic heterocycles. The van der Waals surface area contributed by atoms with Crippen molar-refractivity contribution in [2.75, 3.05) is 9.80 Å². The van der Waals surface area contributed by atoms with E-state index < -0.39 is 0 Å². The molecule has 0 radical (unpaired) electrons. The van der Waals surface area contributed by atoms with Crippen molar-refractivity contribution in [2.45, 2.75) is 75.5 Å². The van der Waals surface area contributed by atoms with Gasteiger partial charge in [0.05, 0.1) is 0 Å². The van der Waals surface area contributed by atoms with Gasteiger partial charge in [-0.15, -0.1) is 0 Å². The summed E-state index contributed by atoms with van der Waals surface area (Å²) in [4.78, 5) is 4.99. The van der Waals surface area contributed by atoms with Crippen molar-refractivity contribution in [2.24, 2.45) is 0 Å². The Morgan fingerprint density at radius 3 is 1.34 bits per heavy atom. The van der Waals surface area contributed by atoms with Crippen LogP contribution in [-0.2, 0) is 22.7 Å². The standard InChI is InChI=1S/C72H60N2/c1-70(2)65-23-13-11-21-60(65)62-42-41-59(47-67(62)70)73(55-33-25-51(26-34-55)49-17-7-4-8-18-49)56-37-29-53(30-38-56)72(45-15-6-16-46-72)54-31-39-58(40-32-54)74(57-35-27-52(28-36-57)50-19-9-5-10-20-50)68-44-43-63-61-22-12-14-24-66(61)71(3)48-64(68)69(63)71/h4-5,7-14,17-44,47H,6,15-16,45-46,48H2,1-3H3. The molecule has 0 heterocycles.